The van der Waals surface area contributed by atoms with Crippen molar-refractivity contribution in [3.8, 4) is 0 Å². The van der Waals surface area contributed by atoms with Gasteiger partial charge in [-0.2, -0.15) is 0 Å². The minimum atomic E-state index is -1.12. The average Bonchev–Trinajstić information content (AvgIpc) is 3.19. The average molecular weight is 313 g/mol. The van der Waals surface area contributed by atoms with Crippen molar-refractivity contribution >= 4 is 5.91 Å². The molecule has 1 heterocycles. The van der Waals surface area contributed by atoms with E-state index >= 15 is 0 Å². The van der Waals surface area contributed by atoms with Crippen LogP contribution in [0.3, 0.4) is 0 Å². The highest BCUT2D eigenvalue weighted by atomic mass is 16.4. The van der Waals surface area contributed by atoms with Crippen LogP contribution in [0.25, 0.3) is 0 Å². The minimum absolute atomic E-state index is 0.147. The van der Waals surface area contributed by atoms with Crippen LogP contribution in [0.1, 0.15) is 45.7 Å². The molecule has 1 aliphatic carbocycles. The summed E-state index contributed by atoms with van der Waals surface area (Å²) in [5.41, 5.74) is 2.61. The molecule has 1 aromatic heterocycles. The van der Waals surface area contributed by atoms with Crippen molar-refractivity contribution < 1.29 is 14.3 Å². The number of amides is 1. The molecule has 1 aromatic carbocycles. The number of carbonyl (C=O) groups excluding carboxylic acids is 1. The highest BCUT2D eigenvalue weighted by Crippen LogP contribution is 2.45. The number of benzene rings is 1. The highest BCUT2D eigenvalue weighted by molar-refractivity contribution is 5.97. The Kier molecular flexibility index (Phi) is 4.02. The monoisotopic (exact) mass is 313 g/mol. The first-order chi connectivity index (χ1) is 10.9. The Labute approximate surface area is 136 Å². The molecule has 3 rings (SSSR count). The second-order valence-corrected chi connectivity index (χ2v) is 6.63. The molecule has 2 N–H and O–H groups in total. The van der Waals surface area contributed by atoms with Gasteiger partial charge < -0.3 is 14.8 Å². The van der Waals surface area contributed by atoms with Crippen LogP contribution < -0.4 is 5.32 Å². The molecule has 1 atom stereocenters. The van der Waals surface area contributed by atoms with Gasteiger partial charge in [-0.15, -0.1) is 0 Å². The first kappa shape index (κ1) is 15.8. The van der Waals surface area contributed by atoms with E-state index in [2.05, 4.69) is 5.32 Å². The normalized spacial score (nSPS) is 16.9. The molecule has 1 amide bonds. The van der Waals surface area contributed by atoms with Gasteiger partial charge in [0.15, 0.2) is 0 Å². The molecule has 1 aliphatic rings. The highest BCUT2D eigenvalue weighted by Gasteiger charge is 2.47. The summed E-state index contributed by atoms with van der Waals surface area (Å²) in [6.07, 6.45) is 3.46. The molecular formula is C19H23NO3. The van der Waals surface area contributed by atoms with E-state index in [4.69, 9.17) is 4.42 Å². The van der Waals surface area contributed by atoms with Crippen LogP contribution in [-0.2, 0) is 5.60 Å². The zero-order chi connectivity index (χ0) is 16.6. The number of hydrogen-bond acceptors (Lipinski definition) is 3. The van der Waals surface area contributed by atoms with Gasteiger partial charge in [-0.25, -0.2) is 0 Å². The molecule has 1 unspecified atom stereocenters. The summed E-state index contributed by atoms with van der Waals surface area (Å²) in [4.78, 5) is 12.6. The Morgan fingerprint density at radius 1 is 1.30 bits per heavy atom. The third-order valence-corrected chi connectivity index (χ3v) is 4.62. The Hall–Kier alpha value is -2.07. The molecule has 1 saturated carbocycles. The fourth-order valence-corrected chi connectivity index (χ4v) is 3.36. The standard InChI is InChI=1S/C19H23NO3/c1-12-9-13(2)17(14(3)10-12)18(21)20-11-19(22,15-6-7-15)16-5-4-8-23-16/h4-5,8-10,15,22H,6-7,11H2,1-3H3,(H,20,21). The molecule has 0 aliphatic heterocycles. The van der Waals surface area contributed by atoms with Gasteiger partial charge >= 0.3 is 0 Å². The van der Waals surface area contributed by atoms with E-state index in [0.717, 1.165) is 29.5 Å². The van der Waals surface area contributed by atoms with E-state index in [1.54, 1.807) is 18.4 Å². The maximum Gasteiger partial charge on any atom is 0.251 e. The van der Waals surface area contributed by atoms with Gasteiger partial charge in [0.2, 0.25) is 0 Å². The fraction of sp³-hybridized carbons (Fsp3) is 0.421. The molecule has 23 heavy (non-hydrogen) atoms. The van der Waals surface area contributed by atoms with Crippen molar-refractivity contribution in [2.24, 2.45) is 5.92 Å². The van der Waals surface area contributed by atoms with Crippen LogP contribution in [0.5, 0.6) is 0 Å². The van der Waals surface area contributed by atoms with Crippen LogP contribution in [-0.4, -0.2) is 17.6 Å². The number of nitrogens with one attached hydrogen (secondary N) is 1. The second-order valence-electron chi connectivity index (χ2n) is 6.63. The Morgan fingerprint density at radius 2 is 1.96 bits per heavy atom. The molecule has 122 valence electrons. The van der Waals surface area contributed by atoms with Gasteiger partial charge in [0.25, 0.3) is 5.91 Å². The molecule has 4 heteroatoms. The molecular weight excluding hydrogens is 290 g/mol. The van der Waals surface area contributed by atoms with Gasteiger partial charge in [0, 0.05) is 5.56 Å². The number of hydrogen-bond donors (Lipinski definition) is 2. The fourth-order valence-electron chi connectivity index (χ4n) is 3.36. The van der Waals surface area contributed by atoms with Crippen LogP contribution in [0.15, 0.2) is 34.9 Å². The third-order valence-electron chi connectivity index (χ3n) is 4.62. The smallest absolute Gasteiger partial charge is 0.251 e. The summed E-state index contributed by atoms with van der Waals surface area (Å²) in [6.45, 7) is 6.06. The van der Waals surface area contributed by atoms with Gasteiger partial charge in [0.1, 0.15) is 11.4 Å². The Bertz CT molecular complexity index is 693. The number of aliphatic hydroxyl groups is 1. The lowest BCUT2D eigenvalue weighted by atomic mass is 9.93. The first-order valence-corrected chi connectivity index (χ1v) is 8.04. The molecule has 0 saturated heterocycles. The molecule has 2 aromatic rings. The number of furan rings is 1. The van der Waals surface area contributed by atoms with Gasteiger partial charge in [-0.05, 0) is 62.8 Å². The number of aryl methyl sites for hydroxylation is 3. The Balaban J connectivity index is 1.78. The maximum absolute atomic E-state index is 12.6. The van der Waals surface area contributed by atoms with Crippen molar-refractivity contribution in [1.29, 1.82) is 0 Å². The summed E-state index contributed by atoms with van der Waals surface area (Å²) in [5, 5.41) is 13.9. The van der Waals surface area contributed by atoms with Crippen molar-refractivity contribution in [2.75, 3.05) is 6.54 Å². The van der Waals surface area contributed by atoms with Crippen LogP contribution in [0.4, 0.5) is 0 Å². The van der Waals surface area contributed by atoms with E-state index in [1.165, 1.54) is 0 Å². The summed E-state index contributed by atoms with van der Waals surface area (Å²) in [5.74, 6) is 0.525. The van der Waals surface area contributed by atoms with E-state index in [9.17, 15) is 9.90 Å². The summed E-state index contributed by atoms with van der Waals surface area (Å²) in [7, 11) is 0. The van der Waals surface area contributed by atoms with Crippen molar-refractivity contribution in [2.45, 2.75) is 39.2 Å². The second kappa shape index (κ2) is 5.85. The first-order valence-electron chi connectivity index (χ1n) is 8.04. The SMILES string of the molecule is Cc1cc(C)c(C(=O)NCC(O)(c2ccco2)C2CC2)c(C)c1. The number of rotatable bonds is 5. The predicted octanol–water partition coefficient (Wildman–Crippen LogP) is 3.23. The maximum atomic E-state index is 12.6. The summed E-state index contributed by atoms with van der Waals surface area (Å²) >= 11 is 0. The molecule has 0 radical (unpaired) electrons. The van der Waals surface area contributed by atoms with Crippen molar-refractivity contribution in [3.63, 3.8) is 0 Å². The zero-order valence-corrected chi connectivity index (χ0v) is 13.8. The van der Waals surface area contributed by atoms with Crippen LogP contribution in [0.2, 0.25) is 0 Å². The van der Waals surface area contributed by atoms with E-state index in [0.29, 0.717) is 11.3 Å². The minimum Gasteiger partial charge on any atom is -0.466 e. The third kappa shape index (κ3) is 3.04. The lowest BCUT2D eigenvalue weighted by Gasteiger charge is -2.26. The molecule has 0 spiro atoms. The van der Waals surface area contributed by atoms with Gasteiger partial charge in [-0.1, -0.05) is 17.7 Å². The van der Waals surface area contributed by atoms with Crippen molar-refractivity contribution in [1.82, 2.24) is 5.32 Å². The lowest BCUT2D eigenvalue weighted by molar-refractivity contribution is -0.00612. The van der Waals surface area contributed by atoms with Crippen LogP contribution in [0, 0.1) is 26.7 Å². The van der Waals surface area contributed by atoms with Crippen LogP contribution >= 0.6 is 0 Å². The topological polar surface area (TPSA) is 62.5 Å². The van der Waals surface area contributed by atoms with E-state index < -0.39 is 5.60 Å². The Morgan fingerprint density at radius 3 is 2.48 bits per heavy atom. The summed E-state index contributed by atoms with van der Waals surface area (Å²) in [6, 6.07) is 7.54. The van der Waals surface area contributed by atoms with Crippen molar-refractivity contribution in [3.05, 3.63) is 58.5 Å². The van der Waals surface area contributed by atoms with E-state index in [1.807, 2.05) is 32.9 Å². The van der Waals surface area contributed by atoms with Gasteiger partial charge in [-0.3, -0.25) is 4.79 Å². The quantitative estimate of drug-likeness (QED) is 0.891. The van der Waals surface area contributed by atoms with E-state index in [-0.39, 0.29) is 18.4 Å². The predicted molar refractivity (Wildman–Crippen MR) is 88.3 cm³/mol. The zero-order valence-electron chi connectivity index (χ0n) is 13.8. The largest absolute Gasteiger partial charge is 0.466 e. The number of carbonyl (C=O) groups is 1. The molecule has 4 nitrogen and oxygen atoms in total. The lowest BCUT2D eigenvalue weighted by Crippen LogP contribution is -2.42. The van der Waals surface area contributed by atoms with Gasteiger partial charge in [0.05, 0.1) is 12.8 Å². The summed E-state index contributed by atoms with van der Waals surface area (Å²) < 4.78 is 5.40. The molecule has 0 bridgehead atoms. The molecule has 1 fully saturated rings.